The fraction of sp³-hybridized carbons (Fsp3) is 0.200. The van der Waals surface area contributed by atoms with Gasteiger partial charge in [-0.1, -0.05) is 0 Å². The number of nitrogens with zero attached hydrogens (tertiary/aromatic N) is 1. The molecule has 1 aliphatic rings. The Bertz CT molecular complexity index is 575. The van der Waals surface area contributed by atoms with Gasteiger partial charge in [0.15, 0.2) is 5.78 Å². The van der Waals surface area contributed by atoms with Crippen LogP contribution in [0.15, 0.2) is 28.7 Å². The average molecular weight is 271 g/mol. The van der Waals surface area contributed by atoms with E-state index in [-0.39, 0.29) is 16.1 Å². The molecular formula is C10H9NO4S2. The molecule has 0 aromatic heterocycles. The Kier molecular flexibility index (Phi) is 3.21. The number of hydrogen-bond acceptors (Lipinski definition) is 5. The van der Waals surface area contributed by atoms with Gasteiger partial charge in [0.25, 0.3) is 15.3 Å². The maximum absolute atomic E-state index is 11.0. The summed E-state index contributed by atoms with van der Waals surface area (Å²) in [5.74, 6) is 0.421. The van der Waals surface area contributed by atoms with Crippen molar-refractivity contribution in [1.82, 2.24) is 0 Å². The largest absolute Gasteiger partial charge is 0.433 e. The second-order valence-corrected chi connectivity index (χ2v) is 6.31. The van der Waals surface area contributed by atoms with Crippen molar-refractivity contribution in [2.24, 2.45) is 4.40 Å². The highest BCUT2D eigenvalue weighted by Gasteiger charge is 2.22. The first-order chi connectivity index (χ1) is 7.96. The molecule has 0 amide bonds. The number of carbonyl (C=O) groups is 1. The van der Waals surface area contributed by atoms with E-state index in [9.17, 15) is 13.2 Å². The summed E-state index contributed by atoms with van der Waals surface area (Å²) in [4.78, 5) is 11.0. The molecule has 0 aliphatic carbocycles. The molecule has 0 fully saturated rings. The molecule has 2 rings (SSSR count). The number of ether oxygens (including phenoxy) is 1. The van der Waals surface area contributed by atoms with E-state index in [1.54, 1.807) is 24.3 Å². The minimum Gasteiger partial charge on any atom is -0.433 e. The van der Waals surface area contributed by atoms with E-state index < -0.39 is 10.0 Å². The molecule has 7 heteroatoms. The monoisotopic (exact) mass is 271 g/mol. The number of hydrogen-bond donors (Lipinski definition) is 0. The van der Waals surface area contributed by atoms with Gasteiger partial charge in [-0.05, 0) is 43.0 Å². The van der Waals surface area contributed by atoms with E-state index in [4.69, 9.17) is 4.74 Å². The molecule has 1 aliphatic heterocycles. The van der Waals surface area contributed by atoms with E-state index in [1.807, 2.05) is 0 Å². The molecule has 5 nitrogen and oxygen atoms in total. The molecule has 90 valence electrons. The minimum atomic E-state index is -3.37. The highest BCUT2D eigenvalue weighted by atomic mass is 32.3. The number of ketones is 1. The molecule has 0 N–H and O–H groups in total. The van der Waals surface area contributed by atoms with Crippen LogP contribution in [-0.2, 0) is 10.0 Å². The Hall–Kier alpha value is -1.34. The van der Waals surface area contributed by atoms with Crippen molar-refractivity contribution < 1.29 is 17.9 Å². The van der Waals surface area contributed by atoms with Crippen LogP contribution in [0.5, 0.6) is 5.75 Å². The first-order valence-electron chi connectivity index (χ1n) is 4.70. The van der Waals surface area contributed by atoms with Crippen molar-refractivity contribution >= 4 is 32.8 Å². The van der Waals surface area contributed by atoms with Gasteiger partial charge in [-0.25, -0.2) is 8.42 Å². The zero-order valence-electron chi connectivity index (χ0n) is 8.91. The van der Waals surface area contributed by atoms with Crippen molar-refractivity contribution in [2.45, 2.75) is 6.92 Å². The van der Waals surface area contributed by atoms with Crippen LogP contribution in [0.4, 0.5) is 0 Å². The maximum atomic E-state index is 11.0. The predicted octanol–water partition coefficient (Wildman–Crippen LogP) is 1.66. The summed E-state index contributed by atoms with van der Waals surface area (Å²) < 4.78 is 30.8. The van der Waals surface area contributed by atoms with Gasteiger partial charge in [0.1, 0.15) is 10.8 Å². The lowest BCUT2D eigenvalue weighted by molar-refractivity contribution is 0.101. The quantitative estimate of drug-likeness (QED) is 0.765. The molecule has 0 unspecified atom stereocenters. The van der Waals surface area contributed by atoms with Crippen molar-refractivity contribution in [3.63, 3.8) is 0 Å². The molecule has 0 saturated carbocycles. The Morgan fingerprint density at radius 3 is 2.47 bits per heavy atom. The summed E-state index contributed by atoms with van der Waals surface area (Å²) in [6.45, 7) is 1.47. The van der Waals surface area contributed by atoms with E-state index in [1.165, 1.54) is 6.92 Å². The van der Waals surface area contributed by atoms with Crippen LogP contribution in [0.25, 0.3) is 0 Å². The SMILES string of the molecule is CC(=O)c1ccc(OC2=NS(=O)(=O)CS2)cc1. The van der Waals surface area contributed by atoms with Gasteiger partial charge in [0.05, 0.1) is 0 Å². The normalized spacial score (nSPS) is 17.6. The minimum absolute atomic E-state index is 0.0355. The summed E-state index contributed by atoms with van der Waals surface area (Å²) in [5.41, 5.74) is 0.575. The van der Waals surface area contributed by atoms with Gasteiger partial charge in [0, 0.05) is 5.56 Å². The zero-order chi connectivity index (χ0) is 12.5. The summed E-state index contributed by atoms with van der Waals surface area (Å²) in [6, 6.07) is 6.44. The molecule has 1 aromatic rings. The number of Topliss-reactive ketones (excluding diaryl/α,β-unsaturated/α-hetero) is 1. The molecule has 0 bridgehead atoms. The summed E-state index contributed by atoms with van der Waals surface area (Å²) in [7, 11) is -3.37. The summed E-state index contributed by atoms with van der Waals surface area (Å²) in [5, 5.41) is 0.0222. The van der Waals surface area contributed by atoms with Gasteiger partial charge < -0.3 is 4.74 Å². The van der Waals surface area contributed by atoms with Crippen LogP contribution < -0.4 is 4.74 Å². The lowest BCUT2D eigenvalue weighted by atomic mass is 10.1. The fourth-order valence-corrected chi connectivity index (χ4v) is 3.38. The molecule has 0 spiro atoms. The Labute approximate surface area is 103 Å². The predicted molar refractivity (Wildman–Crippen MR) is 65.9 cm³/mol. The van der Waals surface area contributed by atoms with E-state index >= 15 is 0 Å². The van der Waals surface area contributed by atoms with Crippen molar-refractivity contribution in [3.8, 4) is 5.75 Å². The number of thioether (sulfide) groups is 1. The molecule has 0 radical (unpaired) electrons. The lowest BCUT2D eigenvalue weighted by Crippen LogP contribution is -2.01. The van der Waals surface area contributed by atoms with Crippen molar-refractivity contribution in [3.05, 3.63) is 29.8 Å². The smallest absolute Gasteiger partial charge is 0.268 e. The van der Waals surface area contributed by atoms with Crippen LogP contribution in [-0.4, -0.2) is 24.5 Å². The van der Waals surface area contributed by atoms with Gasteiger partial charge in [-0.3, -0.25) is 4.79 Å². The van der Waals surface area contributed by atoms with E-state index in [0.717, 1.165) is 11.8 Å². The highest BCUT2D eigenvalue weighted by molar-refractivity contribution is 8.24. The molecular weight excluding hydrogens is 262 g/mol. The van der Waals surface area contributed by atoms with Gasteiger partial charge in [0.2, 0.25) is 0 Å². The molecule has 0 atom stereocenters. The van der Waals surface area contributed by atoms with Crippen LogP contribution >= 0.6 is 11.8 Å². The molecule has 1 heterocycles. The number of benzene rings is 1. The third-order valence-corrected chi connectivity index (χ3v) is 4.65. The number of sulfonamides is 1. The molecule has 17 heavy (non-hydrogen) atoms. The molecule has 0 saturated heterocycles. The van der Waals surface area contributed by atoms with Crippen LogP contribution in [0, 0.1) is 0 Å². The van der Waals surface area contributed by atoms with Crippen molar-refractivity contribution in [2.75, 3.05) is 5.08 Å². The third kappa shape index (κ3) is 3.07. The zero-order valence-corrected chi connectivity index (χ0v) is 10.5. The highest BCUT2D eigenvalue weighted by Crippen LogP contribution is 2.23. The Morgan fingerprint density at radius 1 is 1.35 bits per heavy atom. The standard InChI is InChI=1S/C10H9NO4S2/c1-7(12)8-2-4-9(5-3-8)15-10-11-17(13,14)6-16-10/h2-5H,6H2,1H3. The lowest BCUT2D eigenvalue weighted by Gasteiger charge is -2.03. The first-order valence-corrected chi connectivity index (χ1v) is 7.30. The number of carbonyl (C=O) groups excluding carboxylic acids is 1. The summed E-state index contributed by atoms with van der Waals surface area (Å²) >= 11 is 1.03. The summed E-state index contributed by atoms with van der Waals surface area (Å²) in [6.07, 6.45) is 0. The first kappa shape index (κ1) is 12.1. The van der Waals surface area contributed by atoms with Crippen LogP contribution in [0.1, 0.15) is 17.3 Å². The van der Waals surface area contributed by atoms with Crippen molar-refractivity contribution in [1.29, 1.82) is 0 Å². The second-order valence-electron chi connectivity index (χ2n) is 3.38. The third-order valence-electron chi connectivity index (χ3n) is 2.01. The average Bonchev–Trinajstić information content (AvgIpc) is 2.59. The van der Waals surface area contributed by atoms with E-state index in [0.29, 0.717) is 11.3 Å². The van der Waals surface area contributed by atoms with Crippen LogP contribution in [0.3, 0.4) is 0 Å². The Morgan fingerprint density at radius 2 is 2.00 bits per heavy atom. The van der Waals surface area contributed by atoms with Crippen LogP contribution in [0.2, 0.25) is 0 Å². The van der Waals surface area contributed by atoms with Gasteiger partial charge >= 0.3 is 0 Å². The number of rotatable bonds is 2. The fourth-order valence-electron chi connectivity index (χ4n) is 1.20. The molecule has 1 aromatic carbocycles. The second kappa shape index (κ2) is 4.50. The maximum Gasteiger partial charge on any atom is 0.268 e. The Balaban J connectivity index is 2.13. The van der Waals surface area contributed by atoms with Gasteiger partial charge in [-0.2, -0.15) is 0 Å². The van der Waals surface area contributed by atoms with Gasteiger partial charge in [-0.15, -0.1) is 4.40 Å². The topological polar surface area (TPSA) is 72.8 Å². The van der Waals surface area contributed by atoms with E-state index in [2.05, 4.69) is 4.40 Å².